The van der Waals surface area contributed by atoms with Crippen molar-refractivity contribution in [1.82, 2.24) is 14.1 Å². The van der Waals surface area contributed by atoms with Crippen LogP contribution in [-0.4, -0.2) is 14.1 Å². The van der Waals surface area contributed by atoms with Gasteiger partial charge in [-0.3, -0.25) is 4.98 Å². The van der Waals surface area contributed by atoms with E-state index >= 15 is 0 Å². The molecular weight excluding hydrogens is 655 g/mol. The van der Waals surface area contributed by atoms with E-state index in [1.165, 1.54) is 93.5 Å². The predicted octanol–water partition coefficient (Wildman–Crippen LogP) is 13.4. The number of fused-ring (bicyclic) bond motifs is 9. The van der Waals surface area contributed by atoms with Crippen molar-refractivity contribution in [2.24, 2.45) is 0 Å². The van der Waals surface area contributed by atoms with Crippen LogP contribution in [0.2, 0.25) is 0 Å². The molecule has 0 atom stereocenters. The maximum atomic E-state index is 5.12. The topological polar surface area (TPSA) is 22.8 Å². The number of hydrogen-bond acceptors (Lipinski definition) is 1. The molecule has 54 heavy (non-hydrogen) atoms. The number of para-hydroxylation sites is 3. The first kappa shape index (κ1) is 29.4. The van der Waals surface area contributed by atoms with E-state index in [4.69, 9.17) is 4.98 Å². The van der Waals surface area contributed by atoms with E-state index < -0.39 is 0 Å². The first-order valence-electron chi connectivity index (χ1n) is 18.5. The standard InChI is InChI=1S/C51H31N3/c1-2-13-35(14-3-1)53-46-22-8-6-18-39(46)41-26-24-33(30-49(41)53)32-25-27-48-44(29-32)40-19-7-9-23-47(40)54(48)36-15-10-12-34(28-36)51-43-21-11-20-42-37-16-4-5-17-38(37)45(31-52-51)50(42)43/h1-31H. The van der Waals surface area contributed by atoms with Crippen LogP contribution in [0.25, 0.3) is 110 Å². The fourth-order valence-electron chi connectivity index (χ4n) is 9.14. The van der Waals surface area contributed by atoms with Crippen molar-refractivity contribution >= 4 is 54.4 Å². The average molecular weight is 686 g/mol. The summed E-state index contributed by atoms with van der Waals surface area (Å²) in [6, 6.07) is 66.2. The monoisotopic (exact) mass is 685 g/mol. The molecule has 1 aliphatic rings. The summed E-state index contributed by atoms with van der Waals surface area (Å²) in [4.78, 5) is 5.12. The molecule has 0 bridgehead atoms. The van der Waals surface area contributed by atoms with Crippen molar-refractivity contribution in [3.8, 4) is 56.0 Å². The summed E-state index contributed by atoms with van der Waals surface area (Å²) in [5.74, 6) is 0. The van der Waals surface area contributed by atoms with E-state index in [1.807, 2.05) is 0 Å². The largest absolute Gasteiger partial charge is 0.309 e. The Morgan fingerprint density at radius 2 is 0.889 bits per heavy atom. The van der Waals surface area contributed by atoms with Gasteiger partial charge in [0.2, 0.25) is 0 Å². The molecule has 0 amide bonds. The van der Waals surface area contributed by atoms with Crippen molar-refractivity contribution in [1.29, 1.82) is 0 Å². The van der Waals surface area contributed by atoms with Gasteiger partial charge in [0.05, 0.1) is 27.8 Å². The van der Waals surface area contributed by atoms with Crippen LogP contribution in [-0.2, 0) is 0 Å². The van der Waals surface area contributed by atoms with Crippen molar-refractivity contribution in [2.75, 3.05) is 0 Å². The number of hydrogen-bond donors (Lipinski definition) is 0. The number of nitrogens with zero attached hydrogens (tertiary/aromatic N) is 3. The summed E-state index contributed by atoms with van der Waals surface area (Å²) >= 11 is 0. The van der Waals surface area contributed by atoms with E-state index in [2.05, 4.69) is 197 Å². The van der Waals surface area contributed by atoms with Gasteiger partial charge in [-0.05, 0) is 82.4 Å². The van der Waals surface area contributed by atoms with Crippen LogP contribution in [0.5, 0.6) is 0 Å². The Labute approximate surface area is 311 Å². The molecule has 12 rings (SSSR count). The molecule has 3 heteroatoms. The lowest BCUT2D eigenvalue weighted by Gasteiger charge is -2.12. The molecule has 0 saturated heterocycles. The maximum absolute atomic E-state index is 5.12. The van der Waals surface area contributed by atoms with Crippen LogP contribution in [0.1, 0.15) is 0 Å². The summed E-state index contributed by atoms with van der Waals surface area (Å²) in [5, 5.41) is 7.48. The second-order valence-corrected chi connectivity index (χ2v) is 14.3. The summed E-state index contributed by atoms with van der Waals surface area (Å²) < 4.78 is 4.80. The van der Waals surface area contributed by atoms with Gasteiger partial charge >= 0.3 is 0 Å². The second-order valence-electron chi connectivity index (χ2n) is 14.3. The molecule has 0 N–H and O–H groups in total. The fraction of sp³-hybridized carbons (Fsp3) is 0. The highest BCUT2D eigenvalue weighted by Crippen LogP contribution is 2.48. The van der Waals surface area contributed by atoms with Gasteiger partial charge in [0.1, 0.15) is 0 Å². The van der Waals surface area contributed by atoms with E-state index in [-0.39, 0.29) is 0 Å². The minimum atomic E-state index is 1.01. The van der Waals surface area contributed by atoms with Gasteiger partial charge in [-0.25, -0.2) is 0 Å². The third-order valence-electron chi connectivity index (χ3n) is 11.5. The van der Waals surface area contributed by atoms with Crippen LogP contribution in [0.4, 0.5) is 0 Å². The lowest BCUT2D eigenvalue weighted by Crippen LogP contribution is -1.95. The fourth-order valence-corrected chi connectivity index (χ4v) is 9.14. The zero-order chi connectivity index (χ0) is 35.3. The minimum absolute atomic E-state index is 1.01. The molecular formula is C51H31N3. The third kappa shape index (κ3) is 4.09. The van der Waals surface area contributed by atoms with Crippen molar-refractivity contribution in [3.05, 3.63) is 188 Å². The van der Waals surface area contributed by atoms with Crippen LogP contribution < -0.4 is 0 Å². The normalized spacial score (nSPS) is 12.1. The quantitative estimate of drug-likeness (QED) is 0.181. The Morgan fingerprint density at radius 3 is 1.72 bits per heavy atom. The van der Waals surface area contributed by atoms with Crippen molar-refractivity contribution in [3.63, 3.8) is 0 Å². The number of benzene rings is 8. The maximum Gasteiger partial charge on any atom is 0.0781 e. The van der Waals surface area contributed by atoms with Crippen molar-refractivity contribution in [2.45, 2.75) is 0 Å². The SMILES string of the molecule is c1ccc(-n2c3ccccc3c3ccc(-c4ccc5c(c4)c4ccccc4n5-c4cccc(-c5ncc6c7c(cccc57)-c5ccccc5-6)c4)cc32)cc1. The summed E-state index contributed by atoms with van der Waals surface area (Å²) in [6.45, 7) is 0. The summed E-state index contributed by atoms with van der Waals surface area (Å²) in [6.07, 6.45) is 2.07. The highest BCUT2D eigenvalue weighted by molar-refractivity contribution is 6.18. The molecule has 0 unspecified atom stereocenters. The first-order valence-corrected chi connectivity index (χ1v) is 18.5. The third-order valence-corrected chi connectivity index (χ3v) is 11.5. The van der Waals surface area contributed by atoms with Crippen LogP contribution in [0, 0.1) is 0 Å². The van der Waals surface area contributed by atoms with Gasteiger partial charge in [0, 0.05) is 61.0 Å². The smallest absolute Gasteiger partial charge is 0.0781 e. The molecule has 3 nitrogen and oxygen atoms in total. The Morgan fingerprint density at radius 1 is 0.315 bits per heavy atom. The van der Waals surface area contributed by atoms with Gasteiger partial charge in [-0.15, -0.1) is 0 Å². The molecule has 8 aromatic carbocycles. The van der Waals surface area contributed by atoms with Gasteiger partial charge in [-0.1, -0.05) is 127 Å². The van der Waals surface area contributed by atoms with Crippen LogP contribution in [0.15, 0.2) is 188 Å². The van der Waals surface area contributed by atoms with Crippen LogP contribution in [0.3, 0.4) is 0 Å². The Hall–Kier alpha value is -7.23. The highest BCUT2D eigenvalue weighted by Gasteiger charge is 2.23. The van der Waals surface area contributed by atoms with Gasteiger partial charge in [0.25, 0.3) is 0 Å². The van der Waals surface area contributed by atoms with Crippen LogP contribution >= 0.6 is 0 Å². The van der Waals surface area contributed by atoms with Gasteiger partial charge < -0.3 is 9.13 Å². The molecule has 1 aliphatic carbocycles. The number of pyridine rings is 1. The molecule has 3 aromatic heterocycles. The molecule has 0 aliphatic heterocycles. The van der Waals surface area contributed by atoms with E-state index in [0.29, 0.717) is 0 Å². The summed E-state index contributed by atoms with van der Waals surface area (Å²) in [7, 11) is 0. The minimum Gasteiger partial charge on any atom is -0.309 e. The van der Waals surface area contributed by atoms with Crippen molar-refractivity contribution < 1.29 is 0 Å². The molecule has 250 valence electrons. The average Bonchev–Trinajstić information content (AvgIpc) is 3.87. The lowest BCUT2D eigenvalue weighted by atomic mass is 9.99. The van der Waals surface area contributed by atoms with E-state index in [9.17, 15) is 0 Å². The Balaban J connectivity index is 1.02. The Kier molecular flexibility index (Phi) is 6.05. The molecule has 0 radical (unpaired) electrons. The van der Waals surface area contributed by atoms with Gasteiger partial charge in [0.15, 0.2) is 0 Å². The second kappa shape index (κ2) is 11.1. The molecule has 0 fully saturated rings. The number of rotatable bonds is 4. The number of aromatic nitrogens is 3. The first-order chi connectivity index (χ1) is 26.8. The molecule has 11 aromatic rings. The predicted molar refractivity (Wildman–Crippen MR) is 226 cm³/mol. The lowest BCUT2D eigenvalue weighted by molar-refractivity contribution is 1.18. The summed E-state index contributed by atoms with van der Waals surface area (Å²) in [5.41, 5.74) is 16.6. The molecule has 3 heterocycles. The Bertz CT molecular complexity index is 3300. The van der Waals surface area contributed by atoms with E-state index in [0.717, 1.165) is 16.9 Å². The van der Waals surface area contributed by atoms with Gasteiger partial charge in [-0.2, -0.15) is 0 Å². The zero-order valence-corrected chi connectivity index (χ0v) is 29.2. The molecule has 0 saturated carbocycles. The zero-order valence-electron chi connectivity index (χ0n) is 29.2. The highest BCUT2D eigenvalue weighted by atomic mass is 15.0. The van der Waals surface area contributed by atoms with E-state index in [1.54, 1.807) is 0 Å². The molecule has 0 spiro atoms.